The summed E-state index contributed by atoms with van der Waals surface area (Å²) >= 11 is -0.135. The van der Waals surface area contributed by atoms with Crippen molar-refractivity contribution in [3.63, 3.8) is 0 Å². The Hall–Kier alpha value is -1.85. The predicted molar refractivity (Wildman–Crippen MR) is 67.4 cm³/mol. The number of carboxylic acid groups (broad SMARTS) is 1. The molecule has 12 heteroatoms. The summed E-state index contributed by atoms with van der Waals surface area (Å²) in [7, 11) is 0. The molecule has 0 aromatic carbocycles. The van der Waals surface area contributed by atoms with E-state index in [1.54, 1.807) is 0 Å². The zero-order valence-electron chi connectivity index (χ0n) is 11.6. The fraction of sp³-hybridized carbons (Fsp3) is 0.545. The van der Waals surface area contributed by atoms with E-state index in [-0.39, 0.29) is 22.7 Å². The normalized spacial score (nSPS) is 13.7. The first-order chi connectivity index (χ1) is 10.3. The van der Waals surface area contributed by atoms with Gasteiger partial charge in [-0.1, -0.05) is 18.3 Å². The fourth-order valence-electron chi connectivity index (χ4n) is 1.54. The van der Waals surface area contributed by atoms with E-state index in [0.717, 1.165) is 0 Å². The molecule has 0 saturated heterocycles. The maximum atomic E-state index is 12.8. The fourth-order valence-corrected chi connectivity index (χ4v) is 2.57. The van der Waals surface area contributed by atoms with Crippen molar-refractivity contribution in [1.82, 2.24) is 4.98 Å². The molecule has 0 spiro atoms. The number of halogens is 6. The number of nitrogens with zero attached hydrogens (tertiary/aromatic N) is 2. The van der Waals surface area contributed by atoms with Crippen molar-refractivity contribution < 1.29 is 41.0 Å². The van der Waals surface area contributed by atoms with Gasteiger partial charge in [0.1, 0.15) is 4.88 Å². The van der Waals surface area contributed by atoms with Crippen molar-refractivity contribution in [3.8, 4) is 0 Å². The van der Waals surface area contributed by atoms with Crippen LogP contribution in [-0.2, 0) is 11.0 Å². The number of alkyl halides is 6. The van der Waals surface area contributed by atoms with Gasteiger partial charge < -0.3 is 5.11 Å². The van der Waals surface area contributed by atoms with E-state index in [1.807, 2.05) is 0 Å². The molecule has 0 aliphatic carbocycles. The lowest BCUT2D eigenvalue weighted by Crippen LogP contribution is -2.46. The maximum Gasteiger partial charge on any atom is 0.471 e. The Morgan fingerprint density at radius 1 is 1.26 bits per heavy atom. The maximum absolute atomic E-state index is 12.8. The predicted octanol–water partition coefficient (Wildman–Crippen LogP) is 3.55. The molecular formula is C11H10F6N2O3S. The van der Waals surface area contributed by atoms with E-state index in [0.29, 0.717) is 0 Å². The highest BCUT2D eigenvalue weighted by Crippen LogP contribution is 2.39. The van der Waals surface area contributed by atoms with Gasteiger partial charge in [-0.2, -0.15) is 26.3 Å². The number of hydrogen-bond acceptors (Lipinski definition) is 4. The van der Waals surface area contributed by atoms with Crippen LogP contribution < -0.4 is 4.90 Å². The summed E-state index contributed by atoms with van der Waals surface area (Å²) in [6.07, 6.45) is -10.5. The molecule has 1 aromatic heterocycles. The highest BCUT2D eigenvalue weighted by atomic mass is 32.1. The van der Waals surface area contributed by atoms with Crippen LogP contribution in [0.2, 0.25) is 0 Å². The Labute approximate surface area is 129 Å². The molecule has 0 bridgehead atoms. The molecule has 0 aliphatic rings. The van der Waals surface area contributed by atoms with Crippen LogP contribution in [0.5, 0.6) is 0 Å². The Morgan fingerprint density at radius 3 is 2.09 bits per heavy atom. The topological polar surface area (TPSA) is 70.5 Å². The van der Waals surface area contributed by atoms with Crippen molar-refractivity contribution in [2.45, 2.75) is 38.7 Å². The first-order valence-electron chi connectivity index (χ1n) is 6.02. The number of hydrogen-bond donors (Lipinski definition) is 1. The van der Waals surface area contributed by atoms with Gasteiger partial charge in [0.15, 0.2) is 10.8 Å². The molecule has 0 aliphatic heterocycles. The highest BCUT2D eigenvalue weighted by molar-refractivity contribution is 7.17. The van der Waals surface area contributed by atoms with Crippen LogP contribution in [0, 0.1) is 0 Å². The van der Waals surface area contributed by atoms with E-state index in [1.165, 1.54) is 13.8 Å². The molecule has 1 rings (SSSR count). The van der Waals surface area contributed by atoms with Crippen LogP contribution in [0.3, 0.4) is 0 Å². The monoisotopic (exact) mass is 364 g/mol. The van der Waals surface area contributed by atoms with Crippen LogP contribution in [0.4, 0.5) is 31.5 Å². The number of aromatic nitrogens is 1. The molecular weight excluding hydrogens is 354 g/mol. The molecule has 0 fully saturated rings. The molecule has 1 unspecified atom stereocenters. The number of carbonyl (C=O) groups is 2. The summed E-state index contributed by atoms with van der Waals surface area (Å²) in [5.41, 5.74) is -1.84. The molecule has 0 radical (unpaired) electrons. The average molecular weight is 364 g/mol. The first kappa shape index (κ1) is 19.2. The largest absolute Gasteiger partial charge is 0.477 e. The first-order valence-corrected chi connectivity index (χ1v) is 6.84. The number of rotatable bonds is 4. The second kappa shape index (κ2) is 6.34. The number of amides is 1. The van der Waals surface area contributed by atoms with E-state index in [2.05, 4.69) is 4.98 Å². The lowest BCUT2D eigenvalue weighted by Gasteiger charge is -2.26. The minimum atomic E-state index is -5.34. The van der Waals surface area contributed by atoms with Gasteiger partial charge in [-0.15, -0.1) is 0 Å². The van der Waals surface area contributed by atoms with Crippen LogP contribution in [0.1, 0.15) is 35.6 Å². The minimum absolute atomic E-state index is 0.00877. The van der Waals surface area contributed by atoms with Crippen LogP contribution >= 0.6 is 11.3 Å². The Kier molecular flexibility index (Phi) is 5.29. The van der Waals surface area contributed by atoms with E-state index >= 15 is 0 Å². The molecule has 1 N–H and O–H groups in total. The van der Waals surface area contributed by atoms with Crippen molar-refractivity contribution in [2.75, 3.05) is 4.90 Å². The molecule has 0 saturated carbocycles. The minimum Gasteiger partial charge on any atom is -0.477 e. The number of aromatic carboxylic acids is 1. The number of anilines is 1. The van der Waals surface area contributed by atoms with E-state index in [4.69, 9.17) is 5.11 Å². The Morgan fingerprint density at radius 2 is 1.78 bits per heavy atom. The standard InChI is InChI=1S/C11H10F6N2O3S/c1-3-4(2)19(8(22)11(15,16)17)9-18-6(10(12,13)14)5(23-9)7(20)21/h4H,3H2,1-2H3,(H,20,21). The van der Waals surface area contributed by atoms with Gasteiger partial charge in [0, 0.05) is 6.04 Å². The van der Waals surface area contributed by atoms with E-state index < -0.39 is 46.0 Å². The highest BCUT2D eigenvalue weighted by Gasteiger charge is 2.47. The zero-order valence-corrected chi connectivity index (χ0v) is 12.4. The number of thiazole rings is 1. The quantitative estimate of drug-likeness (QED) is 0.830. The molecule has 5 nitrogen and oxygen atoms in total. The van der Waals surface area contributed by atoms with E-state index in [9.17, 15) is 35.9 Å². The summed E-state index contributed by atoms with van der Waals surface area (Å²) < 4.78 is 76.2. The third-order valence-electron chi connectivity index (χ3n) is 2.78. The SMILES string of the molecule is CCC(C)N(C(=O)C(F)(F)F)c1nc(C(F)(F)F)c(C(=O)O)s1. The summed E-state index contributed by atoms with van der Waals surface area (Å²) in [4.78, 5) is 24.0. The number of carboxylic acids is 1. The Balaban J connectivity index is 3.50. The van der Waals surface area contributed by atoms with Crippen LogP contribution in [0.25, 0.3) is 0 Å². The molecule has 23 heavy (non-hydrogen) atoms. The van der Waals surface area contributed by atoms with Crippen LogP contribution in [-0.4, -0.2) is 34.2 Å². The van der Waals surface area contributed by atoms with Crippen molar-refractivity contribution in [1.29, 1.82) is 0 Å². The summed E-state index contributed by atoms with van der Waals surface area (Å²) in [5.74, 6) is -4.41. The molecule has 1 amide bonds. The zero-order chi connectivity index (χ0) is 18.2. The molecule has 130 valence electrons. The lowest BCUT2D eigenvalue weighted by atomic mass is 10.2. The van der Waals surface area contributed by atoms with Crippen molar-refractivity contribution in [3.05, 3.63) is 10.6 Å². The summed E-state index contributed by atoms with van der Waals surface area (Å²) in [6.45, 7) is 2.59. The summed E-state index contributed by atoms with van der Waals surface area (Å²) in [5, 5.41) is 7.80. The second-order valence-corrected chi connectivity index (χ2v) is 5.38. The van der Waals surface area contributed by atoms with Gasteiger partial charge in [-0.25, -0.2) is 9.78 Å². The van der Waals surface area contributed by atoms with Gasteiger partial charge in [0.25, 0.3) is 0 Å². The second-order valence-electron chi connectivity index (χ2n) is 4.41. The van der Waals surface area contributed by atoms with Crippen LogP contribution in [0.15, 0.2) is 0 Å². The third kappa shape index (κ3) is 4.12. The lowest BCUT2D eigenvalue weighted by molar-refractivity contribution is -0.171. The third-order valence-corrected chi connectivity index (χ3v) is 3.82. The van der Waals surface area contributed by atoms with Gasteiger partial charge >= 0.3 is 24.2 Å². The average Bonchev–Trinajstić information content (AvgIpc) is 2.82. The van der Waals surface area contributed by atoms with Gasteiger partial charge in [0.05, 0.1) is 0 Å². The smallest absolute Gasteiger partial charge is 0.471 e. The van der Waals surface area contributed by atoms with Gasteiger partial charge in [0.2, 0.25) is 0 Å². The van der Waals surface area contributed by atoms with Crippen molar-refractivity contribution >= 4 is 28.3 Å². The summed E-state index contributed by atoms with van der Waals surface area (Å²) in [6, 6.07) is -1.13. The Bertz CT molecular complexity index is 610. The molecule has 1 atom stereocenters. The van der Waals surface area contributed by atoms with Gasteiger partial charge in [-0.3, -0.25) is 9.69 Å². The van der Waals surface area contributed by atoms with Gasteiger partial charge in [-0.05, 0) is 13.3 Å². The molecule has 1 heterocycles. The van der Waals surface area contributed by atoms with Crippen molar-refractivity contribution in [2.24, 2.45) is 0 Å². The molecule has 1 aromatic rings. The number of carbonyl (C=O) groups excluding carboxylic acids is 1.